The van der Waals surface area contributed by atoms with Crippen LogP contribution in [0, 0.1) is 5.41 Å². The van der Waals surface area contributed by atoms with E-state index < -0.39 is 42.7 Å². The molecular weight excluding hydrogens is 269 g/mol. The highest BCUT2D eigenvalue weighted by atomic mass is 19.4. The number of carbonyl (C=O) groups is 3. The van der Waals surface area contributed by atoms with Crippen molar-refractivity contribution in [1.29, 1.82) is 0 Å². The minimum atomic E-state index is -4.46. The maximum absolute atomic E-state index is 11.9. The number of carbonyl (C=O) groups excluding carboxylic acids is 3. The highest BCUT2D eigenvalue weighted by molar-refractivity contribution is 6.20. The summed E-state index contributed by atoms with van der Waals surface area (Å²) in [6, 6.07) is -0.914. The second-order valence-corrected chi connectivity index (χ2v) is 4.47. The van der Waals surface area contributed by atoms with Gasteiger partial charge in [0.2, 0.25) is 11.8 Å². The quantitative estimate of drug-likeness (QED) is 0.598. The van der Waals surface area contributed by atoms with E-state index in [9.17, 15) is 27.6 Å². The molecule has 0 bridgehead atoms. The second kappa shape index (κ2) is 4.48. The van der Waals surface area contributed by atoms with E-state index in [4.69, 9.17) is 0 Å². The molecule has 4 amide bonds. The number of ether oxygens (including phenoxy) is 1. The van der Waals surface area contributed by atoms with Crippen LogP contribution in [0.4, 0.5) is 18.0 Å². The summed E-state index contributed by atoms with van der Waals surface area (Å²) in [5, 5.41) is 2.02. The van der Waals surface area contributed by atoms with Gasteiger partial charge in [-0.2, -0.15) is 13.2 Å². The van der Waals surface area contributed by atoms with Crippen molar-refractivity contribution < 1.29 is 32.3 Å². The van der Waals surface area contributed by atoms with Gasteiger partial charge < -0.3 is 4.74 Å². The maximum Gasteiger partial charge on any atom is 0.411 e. The van der Waals surface area contributed by atoms with E-state index in [0.29, 0.717) is 12.8 Å². The second-order valence-electron chi connectivity index (χ2n) is 4.47. The van der Waals surface area contributed by atoms with Crippen LogP contribution in [0.3, 0.4) is 0 Å². The van der Waals surface area contributed by atoms with Crippen molar-refractivity contribution in [2.24, 2.45) is 5.41 Å². The molecule has 1 saturated heterocycles. The van der Waals surface area contributed by atoms with Crippen LogP contribution < -0.4 is 5.32 Å². The molecule has 1 saturated carbocycles. The van der Waals surface area contributed by atoms with Gasteiger partial charge in [0, 0.05) is 0 Å². The summed E-state index contributed by atoms with van der Waals surface area (Å²) >= 11 is 0. The summed E-state index contributed by atoms with van der Waals surface area (Å²) in [5.74, 6) is -1.29. The van der Waals surface area contributed by atoms with E-state index >= 15 is 0 Å². The largest absolute Gasteiger partial charge is 0.411 e. The Kier molecular flexibility index (Phi) is 3.25. The number of urea groups is 1. The van der Waals surface area contributed by atoms with Gasteiger partial charge in [-0.25, -0.2) is 4.79 Å². The summed E-state index contributed by atoms with van der Waals surface area (Å²) in [6.07, 6.45) is -3.75. The van der Waals surface area contributed by atoms with Crippen molar-refractivity contribution in [3.63, 3.8) is 0 Å². The third-order valence-corrected chi connectivity index (χ3v) is 3.03. The Balaban J connectivity index is 1.88. The zero-order chi connectivity index (χ0) is 14.3. The highest BCUT2D eigenvalue weighted by Gasteiger charge is 2.62. The van der Waals surface area contributed by atoms with Crippen LogP contribution in [0.15, 0.2) is 0 Å². The molecule has 2 aliphatic rings. The van der Waals surface area contributed by atoms with E-state index in [1.807, 2.05) is 5.32 Å². The first kappa shape index (κ1) is 13.8. The molecule has 0 atom stereocenters. The number of nitrogens with zero attached hydrogens (tertiary/aromatic N) is 1. The van der Waals surface area contributed by atoms with Gasteiger partial charge in [0.1, 0.15) is 12.0 Å². The molecule has 0 unspecified atom stereocenters. The fraction of sp³-hybridized carbons (Fsp3) is 0.700. The molecular formula is C10H11F3N2O4. The number of alkyl halides is 3. The lowest BCUT2D eigenvalue weighted by atomic mass is 10.0. The lowest BCUT2D eigenvalue weighted by molar-refractivity contribution is -0.174. The van der Waals surface area contributed by atoms with E-state index in [0.717, 1.165) is 4.90 Å². The van der Waals surface area contributed by atoms with E-state index in [1.165, 1.54) is 0 Å². The van der Waals surface area contributed by atoms with Gasteiger partial charge in [-0.1, -0.05) is 0 Å². The SMILES string of the molecule is O=C1NC(=O)C2(CC2)C(=O)N1CCOCC(F)(F)F. The Hall–Kier alpha value is -1.64. The van der Waals surface area contributed by atoms with Gasteiger partial charge in [-0.05, 0) is 12.8 Å². The number of rotatable bonds is 4. The minimum absolute atomic E-state index is 0.310. The molecule has 106 valence electrons. The third kappa shape index (κ3) is 2.70. The molecule has 0 aromatic heterocycles. The molecule has 1 spiro atoms. The fourth-order valence-corrected chi connectivity index (χ4v) is 1.84. The predicted molar refractivity (Wildman–Crippen MR) is 53.8 cm³/mol. The Labute approximate surface area is 105 Å². The Morgan fingerprint density at radius 2 is 1.89 bits per heavy atom. The Morgan fingerprint density at radius 1 is 1.26 bits per heavy atom. The zero-order valence-electron chi connectivity index (χ0n) is 9.75. The van der Waals surface area contributed by atoms with E-state index in [-0.39, 0.29) is 6.54 Å². The fourth-order valence-electron chi connectivity index (χ4n) is 1.84. The number of halogens is 3. The topological polar surface area (TPSA) is 75.7 Å². The van der Waals surface area contributed by atoms with Crippen molar-refractivity contribution in [2.75, 3.05) is 19.8 Å². The summed E-state index contributed by atoms with van der Waals surface area (Å²) in [7, 11) is 0. The maximum atomic E-state index is 11.9. The normalized spacial score (nSPS) is 21.8. The minimum Gasteiger partial charge on any atom is -0.370 e. The van der Waals surface area contributed by atoms with Gasteiger partial charge in [-0.15, -0.1) is 0 Å². The van der Waals surface area contributed by atoms with Crippen LogP contribution in [0.2, 0.25) is 0 Å². The van der Waals surface area contributed by atoms with Gasteiger partial charge in [0.15, 0.2) is 0 Å². The monoisotopic (exact) mass is 280 g/mol. The van der Waals surface area contributed by atoms with Gasteiger partial charge in [0.05, 0.1) is 13.2 Å². The van der Waals surface area contributed by atoms with E-state index in [2.05, 4.69) is 4.74 Å². The average Bonchev–Trinajstić information content (AvgIpc) is 3.05. The van der Waals surface area contributed by atoms with Crippen molar-refractivity contribution >= 4 is 17.8 Å². The van der Waals surface area contributed by atoms with Crippen LogP contribution in [0.5, 0.6) is 0 Å². The molecule has 2 rings (SSSR count). The lowest BCUT2D eigenvalue weighted by Crippen LogP contribution is -2.59. The molecule has 19 heavy (non-hydrogen) atoms. The molecule has 9 heteroatoms. The van der Waals surface area contributed by atoms with Crippen molar-refractivity contribution in [2.45, 2.75) is 19.0 Å². The predicted octanol–water partition coefficient (Wildman–Crippen LogP) is 0.424. The van der Waals surface area contributed by atoms with Crippen molar-refractivity contribution in [1.82, 2.24) is 10.2 Å². The Bertz CT molecular complexity index is 431. The van der Waals surface area contributed by atoms with Gasteiger partial charge >= 0.3 is 12.2 Å². The van der Waals surface area contributed by atoms with Crippen LogP contribution in [0.1, 0.15) is 12.8 Å². The number of hydrogen-bond acceptors (Lipinski definition) is 4. The average molecular weight is 280 g/mol. The number of nitrogens with one attached hydrogen (secondary N) is 1. The number of barbiturate groups is 1. The van der Waals surface area contributed by atoms with Crippen molar-refractivity contribution in [3.8, 4) is 0 Å². The van der Waals surface area contributed by atoms with Crippen LogP contribution >= 0.6 is 0 Å². The van der Waals surface area contributed by atoms with Gasteiger partial charge in [-0.3, -0.25) is 19.8 Å². The van der Waals surface area contributed by atoms with Gasteiger partial charge in [0.25, 0.3) is 0 Å². The highest BCUT2D eigenvalue weighted by Crippen LogP contribution is 2.48. The summed E-state index contributed by atoms with van der Waals surface area (Å²) in [4.78, 5) is 35.5. The molecule has 1 N–H and O–H groups in total. The molecule has 1 aliphatic carbocycles. The molecule has 0 aromatic carbocycles. The first-order chi connectivity index (χ1) is 8.76. The van der Waals surface area contributed by atoms with Crippen LogP contribution in [-0.4, -0.2) is 48.7 Å². The summed E-state index contributed by atoms with van der Waals surface area (Å²) in [6.45, 7) is -2.18. The lowest BCUT2D eigenvalue weighted by Gasteiger charge is -2.30. The first-order valence-electron chi connectivity index (χ1n) is 5.58. The number of imide groups is 2. The Morgan fingerprint density at radius 3 is 2.42 bits per heavy atom. The molecule has 6 nitrogen and oxygen atoms in total. The molecule has 1 aliphatic heterocycles. The van der Waals surface area contributed by atoms with Crippen molar-refractivity contribution in [3.05, 3.63) is 0 Å². The smallest absolute Gasteiger partial charge is 0.370 e. The number of amides is 4. The molecule has 1 heterocycles. The third-order valence-electron chi connectivity index (χ3n) is 3.03. The summed E-state index contributed by atoms with van der Waals surface area (Å²) < 4.78 is 39.8. The standard InChI is InChI=1S/C10H11F3N2O4/c11-10(12,13)5-19-4-3-15-7(17)9(1-2-9)6(16)14-8(15)18/h1-5H2,(H,14,16,18). The molecule has 0 aromatic rings. The molecule has 0 radical (unpaired) electrons. The number of hydrogen-bond donors (Lipinski definition) is 1. The molecule has 2 fully saturated rings. The zero-order valence-corrected chi connectivity index (χ0v) is 9.75. The van der Waals surface area contributed by atoms with E-state index in [1.54, 1.807) is 0 Å². The van der Waals surface area contributed by atoms with Crippen LogP contribution in [0.25, 0.3) is 0 Å². The first-order valence-corrected chi connectivity index (χ1v) is 5.58. The summed E-state index contributed by atoms with van der Waals surface area (Å²) in [5.41, 5.74) is -1.18. The van der Waals surface area contributed by atoms with Crippen LogP contribution in [-0.2, 0) is 14.3 Å².